The van der Waals surface area contributed by atoms with E-state index in [-0.39, 0.29) is 11.9 Å². The number of benzene rings is 1. The highest BCUT2D eigenvalue weighted by molar-refractivity contribution is 5.97. The van der Waals surface area contributed by atoms with Crippen LogP contribution in [0.25, 0.3) is 0 Å². The molecule has 0 N–H and O–H groups in total. The minimum Gasteiger partial charge on any atom is -0.377 e. The first kappa shape index (κ1) is 14.9. The summed E-state index contributed by atoms with van der Waals surface area (Å²) in [6.45, 7) is 7.89. The molecule has 0 radical (unpaired) electrons. The SMILES string of the molecule is Cc1cccc(C(=O)CN(C)CCOC(C)C)c1. The van der Waals surface area contributed by atoms with E-state index >= 15 is 0 Å². The van der Waals surface area contributed by atoms with E-state index < -0.39 is 0 Å². The lowest BCUT2D eigenvalue weighted by molar-refractivity contribution is 0.0619. The van der Waals surface area contributed by atoms with E-state index in [4.69, 9.17) is 4.74 Å². The van der Waals surface area contributed by atoms with Gasteiger partial charge in [0.2, 0.25) is 0 Å². The Kier molecular flexibility index (Phi) is 6.02. The Balaban J connectivity index is 2.40. The molecule has 1 rings (SSSR count). The molecule has 0 unspecified atom stereocenters. The third-order valence-electron chi connectivity index (χ3n) is 2.68. The van der Waals surface area contributed by atoms with Crippen LogP contribution in [0.15, 0.2) is 24.3 Å². The number of ether oxygens (including phenoxy) is 1. The van der Waals surface area contributed by atoms with Gasteiger partial charge in [0.15, 0.2) is 5.78 Å². The number of ketones is 1. The maximum absolute atomic E-state index is 12.0. The summed E-state index contributed by atoms with van der Waals surface area (Å²) < 4.78 is 5.47. The molecule has 3 nitrogen and oxygen atoms in total. The molecule has 3 heteroatoms. The van der Waals surface area contributed by atoms with Crippen LogP contribution in [0.5, 0.6) is 0 Å². The Bertz CT molecular complexity index is 388. The van der Waals surface area contributed by atoms with Crippen molar-refractivity contribution in [3.8, 4) is 0 Å². The zero-order valence-corrected chi connectivity index (χ0v) is 11.8. The van der Waals surface area contributed by atoms with Crippen molar-refractivity contribution in [2.75, 3.05) is 26.7 Å². The normalized spacial score (nSPS) is 11.2. The van der Waals surface area contributed by atoms with Gasteiger partial charge in [0.1, 0.15) is 0 Å². The average molecular weight is 249 g/mol. The molecule has 0 aliphatic rings. The van der Waals surface area contributed by atoms with E-state index in [1.165, 1.54) is 0 Å². The van der Waals surface area contributed by atoms with E-state index in [1.807, 2.05) is 57.0 Å². The molecule has 0 bridgehead atoms. The summed E-state index contributed by atoms with van der Waals surface area (Å²) in [7, 11) is 1.94. The van der Waals surface area contributed by atoms with Gasteiger partial charge in [-0.1, -0.05) is 23.8 Å². The summed E-state index contributed by atoms with van der Waals surface area (Å²) >= 11 is 0. The van der Waals surface area contributed by atoms with E-state index in [0.717, 1.165) is 17.7 Å². The van der Waals surface area contributed by atoms with Crippen molar-refractivity contribution in [1.82, 2.24) is 4.90 Å². The monoisotopic (exact) mass is 249 g/mol. The van der Waals surface area contributed by atoms with Crippen LogP contribution in [-0.2, 0) is 4.74 Å². The van der Waals surface area contributed by atoms with Gasteiger partial charge < -0.3 is 4.74 Å². The molecule has 100 valence electrons. The molecular weight excluding hydrogens is 226 g/mol. The molecule has 0 heterocycles. The zero-order chi connectivity index (χ0) is 13.5. The van der Waals surface area contributed by atoms with Gasteiger partial charge in [-0.15, -0.1) is 0 Å². The molecule has 0 aliphatic carbocycles. The fraction of sp³-hybridized carbons (Fsp3) is 0.533. The fourth-order valence-corrected chi connectivity index (χ4v) is 1.68. The Labute approximate surface area is 110 Å². The summed E-state index contributed by atoms with van der Waals surface area (Å²) in [6, 6.07) is 7.72. The number of carbonyl (C=O) groups excluding carboxylic acids is 1. The third-order valence-corrected chi connectivity index (χ3v) is 2.68. The molecular formula is C15H23NO2. The van der Waals surface area contributed by atoms with Gasteiger partial charge in [-0.25, -0.2) is 0 Å². The van der Waals surface area contributed by atoms with E-state index in [2.05, 4.69) is 0 Å². The van der Waals surface area contributed by atoms with E-state index in [9.17, 15) is 4.79 Å². The number of likely N-dealkylation sites (N-methyl/N-ethyl adjacent to an activating group) is 1. The Hall–Kier alpha value is -1.19. The maximum atomic E-state index is 12.0. The van der Waals surface area contributed by atoms with Gasteiger partial charge in [-0.3, -0.25) is 9.69 Å². The van der Waals surface area contributed by atoms with Crippen LogP contribution < -0.4 is 0 Å². The highest BCUT2D eigenvalue weighted by Gasteiger charge is 2.09. The molecule has 1 aromatic carbocycles. The van der Waals surface area contributed by atoms with Crippen molar-refractivity contribution in [2.24, 2.45) is 0 Å². The first-order valence-corrected chi connectivity index (χ1v) is 6.39. The van der Waals surface area contributed by atoms with Gasteiger partial charge in [-0.2, -0.15) is 0 Å². The largest absolute Gasteiger partial charge is 0.377 e. The molecule has 0 aliphatic heterocycles. The fourth-order valence-electron chi connectivity index (χ4n) is 1.68. The predicted octanol–water partition coefficient (Wildman–Crippen LogP) is 2.53. The Morgan fingerprint density at radius 2 is 2.11 bits per heavy atom. The van der Waals surface area contributed by atoms with Crippen molar-refractivity contribution in [2.45, 2.75) is 26.9 Å². The van der Waals surface area contributed by atoms with Crippen molar-refractivity contribution in [3.63, 3.8) is 0 Å². The summed E-state index contributed by atoms with van der Waals surface area (Å²) in [5.41, 5.74) is 1.90. The van der Waals surface area contributed by atoms with E-state index in [1.54, 1.807) is 0 Å². The van der Waals surface area contributed by atoms with Crippen LogP contribution in [-0.4, -0.2) is 43.5 Å². The molecule has 0 saturated carbocycles. The van der Waals surface area contributed by atoms with Gasteiger partial charge in [0.05, 0.1) is 19.3 Å². The minimum absolute atomic E-state index is 0.158. The second-order valence-electron chi connectivity index (χ2n) is 4.95. The lowest BCUT2D eigenvalue weighted by Gasteiger charge is -2.16. The first-order valence-electron chi connectivity index (χ1n) is 6.39. The molecule has 0 atom stereocenters. The number of rotatable bonds is 7. The topological polar surface area (TPSA) is 29.5 Å². The lowest BCUT2D eigenvalue weighted by Crippen LogP contribution is -2.29. The second-order valence-corrected chi connectivity index (χ2v) is 4.95. The zero-order valence-electron chi connectivity index (χ0n) is 11.8. The van der Waals surface area contributed by atoms with Crippen molar-refractivity contribution >= 4 is 5.78 Å². The summed E-state index contributed by atoms with van der Waals surface area (Å²) in [5.74, 6) is 0.158. The number of hydrogen-bond acceptors (Lipinski definition) is 3. The van der Waals surface area contributed by atoms with Gasteiger partial charge >= 0.3 is 0 Å². The number of carbonyl (C=O) groups is 1. The van der Waals surface area contributed by atoms with Crippen LogP contribution in [0.3, 0.4) is 0 Å². The van der Waals surface area contributed by atoms with Crippen LogP contribution in [0.4, 0.5) is 0 Å². The summed E-state index contributed by atoms with van der Waals surface area (Å²) in [6.07, 6.45) is 0.242. The highest BCUT2D eigenvalue weighted by Crippen LogP contribution is 2.05. The number of hydrogen-bond donors (Lipinski definition) is 0. The molecule has 0 aromatic heterocycles. The molecule has 18 heavy (non-hydrogen) atoms. The Morgan fingerprint density at radius 1 is 1.39 bits per heavy atom. The van der Waals surface area contributed by atoms with Gasteiger partial charge in [0.25, 0.3) is 0 Å². The van der Waals surface area contributed by atoms with Crippen molar-refractivity contribution in [1.29, 1.82) is 0 Å². The highest BCUT2D eigenvalue weighted by atomic mass is 16.5. The number of nitrogens with zero attached hydrogens (tertiary/aromatic N) is 1. The molecule has 0 saturated heterocycles. The first-order chi connectivity index (χ1) is 8.49. The maximum Gasteiger partial charge on any atom is 0.176 e. The van der Waals surface area contributed by atoms with Crippen molar-refractivity contribution in [3.05, 3.63) is 35.4 Å². The predicted molar refractivity (Wildman–Crippen MR) is 74.1 cm³/mol. The quantitative estimate of drug-likeness (QED) is 0.695. The summed E-state index contributed by atoms with van der Waals surface area (Å²) in [4.78, 5) is 14.0. The van der Waals surface area contributed by atoms with Gasteiger partial charge in [0, 0.05) is 12.1 Å². The van der Waals surface area contributed by atoms with Crippen LogP contribution in [0.1, 0.15) is 29.8 Å². The lowest BCUT2D eigenvalue weighted by atomic mass is 10.1. The number of aryl methyl sites for hydroxylation is 1. The smallest absolute Gasteiger partial charge is 0.176 e. The van der Waals surface area contributed by atoms with Crippen molar-refractivity contribution < 1.29 is 9.53 Å². The van der Waals surface area contributed by atoms with Crippen LogP contribution in [0.2, 0.25) is 0 Å². The molecule has 0 fully saturated rings. The van der Waals surface area contributed by atoms with Gasteiger partial charge in [-0.05, 0) is 33.9 Å². The standard InChI is InChI=1S/C15H23NO2/c1-12(2)18-9-8-16(4)11-15(17)14-7-5-6-13(3)10-14/h5-7,10,12H,8-9,11H2,1-4H3. The average Bonchev–Trinajstić information content (AvgIpc) is 2.28. The third kappa shape index (κ3) is 5.43. The van der Waals surface area contributed by atoms with Crippen LogP contribution in [0, 0.1) is 6.92 Å². The molecule has 0 amide bonds. The molecule has 1 aromatic rings. The minimum atomic E-state index is 0.158. The second kappa shape index (κ2) is 7.29. The molecule has 0 spiro atoms. The number of Topliss-reactive ketones (excluding diaryl/α,β-unsaturated/α-hetero) is 1. The summed E-state index contributed by atoms with van der Waals surface area (Å²) in [5, 5.41) is 0. The van der Waals surface area contributed by atoms with E-state index in [0.29, 0.717) is 13.2 Å². The van der Waals surface area contributed by atoms with Crippen LogP contribution >= 0.6 is 0 Å². The Morgan fingerprint density at radius 3 is 2.72 bits per heavy atom.